The normalized spacial score (nSPS) is 37.9. The number of esters is 6. The van der Waals surface area contributed by atoms with Crippen LogP contribution >= 0.6 is 0 Å². The summed E-state index contributed by atoms with van der Waals surface area (Å²) in [5.74, 6) is 12.5. The van der Waals surface area contributed by atoms with Crippen molar-refractivity contribution in [2.45, 2.75) is 341 Å². The number of ether oxygens (including phenoxy) is 12. The Morgan fingerprint density at radius 3 is 0.538 bits per heavy atom. The van der Waals surface area contributed by atoms with E-state index in [1.54, 1.807) is 0 Å². The second-order valence-corrected chi connectivity index (χ2v) is 52.2. The first kappa shape index (κ1) is 96.1. The fourth-order valence-corrected chi connectivity index (χ4v) is 37.1. The molecule has 0 radical (unpaired) electrons. The average molecular weight is 1950 g/mol. The Labute approximate surface area is 847 Å². The molecule has 24 aliphatic rings. The van der Waals surface area contributed by atoms with E-state index in [9.17, 15) is 19.2 Å². The lowest BCUT2D eigenvalue weighted by molar-refractivity contribution is -0.205. The molecule has 24 bridgehead atoms. The highest BCUT2D eigenvalue weighted by Gasteiger charge is 2.64. The third kappa shape index (κ3) is 17.5. The van der Waals surface area contributed by atoms with Crippen LogP contribution in [0.3, 0.4) is 0 Å². The van der Waals surface area contributed by atoms with E-state index in [-0.39, 0.29) is 63.5 Å². The third-order valence-electron chi connectivity index (χ3n) is 43.0. The molecule has 6 aromatic carbocycles. The Morgan fingerprint density at radius 2 is 0.378 bits per heavy atom. The standard InChI is InChI=1S/C125H156O18/c1-66-19-88(20-67(2)116(66)134-62-110(128)140-122(11)96-42-80-30-81(44-96)45-97(122)43-80)114(89-21-68(3)117(69(4)22-89)135-63-111(129)141-123(12)98-46-82-31-83(48-98)49-99(123)47-82)104-58-74(15-17-106(104)132-60-108(126)138-120(9)92-34-76-28-77(36-92)37-93(120)35-76)27-75-16-18-107(133-61-109(127)139-121(10)94-38-78-29-79(40-94)41-95(121)39-78)105(59-75)115(90-23-70(5)118(71(6)24-90)136-64-112(130)142-124(13)100-50-84-32-85(52-100)53-101(124)51-84)91-25-72(7)119(73(8)26-91)137-65-113(131)143-125(14)102-54-86-33-87(56-102)57-103(125)55-86/h15-26,58-59,76-87,92-103,114-115H,27-57,60-65H2,1-14H3. The first-order valence-corrected chi connectivity index (χ1v) is 56.2. The van der Waals surface area contributed by atoms with Gasteiger partial charge in [0.2, 0.25) is 0 Å². The molecule has 764 valence electrons. The lowest BCUT2D eigenvalue weighted by Crippen LogP contribution is -2.58. The molecule has 143 heavy (non-hydrogen) atoms. The van der Waals surface area contributed by atoms with Gasteiger partial charge in [-0.15, -0.1) is 0 Å². The number of aryl methyl sites for hydroxylation is 8. The smallest absolute Gasteiger partial charge is 0.344 e. The van der Waals surface area contributed by atoms with Crippen molar-refractivity contribution in [2.75, 3.05) is 39.6 Å². The predicted molar refractivity (Wildman–Crippen MR) is 543 cm³/mol. The second kappa shape index (κ2) is 36.5. The first-order chi connectivity index (χ1) is 68.5. The number of hydrogen-bond acceptors (Lipinski definition) is 18. The summed E-state index contributed by atoms with van der Waals surface area (Å²) in [5, 5.41) is 0. The molecule has 0 saturated heterocycles. The molecule has 0 N–H and O–H groups in total. The van der Waals surface area contributed by atoms with Crippen LogP contribution in [0.1, 0.15) is 335 Å². The minimum Gasteiger partial charge on any atom is -0.482 e. The number of carbonyl (C=O) groups excluding carboxylic acids is 6. The highest BCUT2D eigenvalue weighted by molar-refractivity contribution is 5.76. The SMILES string of the molecule is Cc1cc(C(c2cc(C)c(OCC(=O)OC3(C)C4CC5CC(C4)CC3C5)c(C)c2)c2cc(Cc3ccc(OCC(=O)OC4(C)C5CC6CC(C5)CC4C6)c(C(c4cc(C)c(OCC(=O)OC5(C)C6CC7CC(C6)CC5C7)c(C)c4)c4cc(C)c(OCC(=O)OC5(C)C6CC7CC(C6)CC5C7)c(C)c4)c3)ccc2OCC(=O)OC2(C)C3CC4CC(C3)CC2C4)cc(C)c1OCC(=O)OC1(C)C2CC3CC(C2)CC1C3. The van der Waals surface area contributed by atoms with E-state index >= 15 is 9.59 Å². The molecular formula is C125H156O18. The summed E-state index contributed by atoms with van der Waals surface area (Å²) in [6.45, 7) is 27.8. The number of rotatable bonds is 32. The maximum absolute atomic E-state index is 15.1. The molecule has 6 aromatic rings. The summed E-state index contributed by atoms with van der Waals surface area (Å²) in [6.07, 6.45) is 34.5. The zero-order chi connectivity index (χ0) is 98.7. The van der Waals surface area contributed by atoms with Crippen LogP contribution in [-0.2, 0) is 63.6 Å². The molecule has 0 heterocycles. The summed E-state index contributed by atoms with van der Waals surface area (Å²) in [6, 6.07) is 30.0. The van der Waals surface area contributed by atoms with Gasteiger partial charge in [0.1, 0.15) is 68.1 Å². The Morgan fingerprint density at radius 1 is 0.224 bits per heavy atom. The van der Waals surface area contributed by atoms with Gasteiger partial charge in [-0.05, 0) is 528 Å². The van der Waals surface area contributed by atoms with Crippen LogP contribution in [0.4, 0.5) is 0 Å². The Bertz CT molecular complexity index is 5160. The number of benzene rings is 6. The summed E-state index contributed by atoms with van der Waals surface area (Å²) in [7, 11) is 0. The Kier molecular flexibility index (Phi) is 24.5. The molecular weight excluding hydrogens is 1790 g/mol. The zero-order valence-electron chi connectivity index (χ0n) is 87.6. The topological polar surface area (TPSA) is 213 Å². The molecule has 30 rings (SSSR count). The number of carbonyl (C=O) groups is 6. The van der Waals surface area contributed by atoms with Crippen LogP contribution in [0, 0.1) is 197 Å². The van der Waals surface area contributed by atoms with Gasteiger partial charge in [0, 0.05) is 23.0 Å². The molecule has 24 fully saturated rings. The van der Waals surface area contributed by atoms with Crippen LogP contribution in [0.5, 0.6) is 34.5 Å². The van der Waals surface area contributed by atoms with Crippen LogP contribution in [0.2, 0.25) is 0 Å². The molecule has 0 amide bonds. The van der Waals surface area contributed by atoms with Crippen molar-refractivity contribution >= 4 is 35.8 Å². The lowest BCUT2D eigenvalue weighted by atomic mass is 9.50. The minimum atomic E-state index is -0.597. The summed E-state index contributed by atoms with van der Waals surface area (Å²) in [4.78, 5) is 87.7. The largest absolute Gasteiger partial charge is 0.482 e. The van der Waals surface area contributed by atoms with Crippen molar-refractivity contribution in [2.24, 2.45) is 142 Å². The van der Waals surface area contributed by atoms with Gasteiger partial charge in [0.25, 0.3) is 0 Å². The molecule has 24 aliphatic carbocycles. The van der Waals surface area contributed by atoms with Crippen molar-refractivity contribution in [1.82, 2.24) is 0 Å². The first-order valence-electron chi connectivity index (χ1n) is 56.2. The van der Waals surface area contributed by atoms with E-state index in [0.717, 1.165) is 290 Å². The van der Waals surface area contributed by atoms with Crippen molar-refractivity contribution < 1.29 is 85.6 Å². The van der Waals surface area contributed by atoms with Gasteiger partial charge in [-0.2, -0.15) is 0 Å². The molecule has 24 saturated carbocycles. The van der Waals surface area contributed by atoms with Gasteiger partial charge in [-0.3, -0.25) is 0 Å². The summed E-state index contributed by atoms with van der Waals surface area (Å²) < 4.78 is 81.3. The molecule has 0 spiro atoms. The highest BCUT2D eigenvalue weighted by atomic mass is 16.6. The lowest BCUT2D eigenvalue weighted by Gasteiger charge is -2.59. The summed E-state index contributed by atoms with van der Waals surface area (Å²) in [5.41, 5.74) is 10.4. The Hall–Kier alpha value is -9.06. The van der Waals surface area contributed by atoms with E-state index < -0.39 is 57.4 Å². The second-order valence-electron chi connectivity index (χ2n) is 52.2. The fraction of sp³-hybridized carbons (Fsp3) is 0.664. The van der Waals surface area contributed by atoms with Crippen LogP contribution in [0.25, 0.3) is 0 Å². The molecule has 18 heteroatoms. The maximum atomic E-state index is 15.1. The van der Waals surface area contributed by atoms with E-state index in [1.165, 1.54) is 38.5 Å². The molecule has 0 unspecified atom stereocenters. The van der Waals surface area contributed by atoms with E-state index in [1.807, 2.05) is 67.5 Å². The molecule has 0 aliphatic heterocycles. The predicted octanol–water partition coefficient (Wildman–Crippen LogP) is 24.9. The number of hydrogen-bond donors (Lipinski definition) is 0. The van der Waals surface area contributed by atoms with Gasteiger partial charge < -0.3 is 56.8 Å². The van der Waals surface area contributed by atoms with Crippen LogP contribution in [-0.4, -0.2) is 109 Å². The van der Waals surface area contributed by atoms with Crippen molar-refractivity contribution in [3.05, 3.63) is 174 Å². The van der Waals surface area contributed by atoms with E-state index in [2.05, 4.69) is 114 Å². The van der Waals surface area contributed by atoms with Gasteiger partial charge in [-0.1, -0.05) is 72.8 Å². The molecule has 0 atom stereocenters. The zero-order valence-corrected chi connectivity index (χ0v) is 87.6. The van der Waals surface area contributed by atoms with Gasteiger partial charge in [0.05, 0.1) is 0 Å². The monoisotopic (exact) mass is 1950 g/mol. The quantitative estimate of drug-likeness (QED) is 0.0218. The van der Waals surface area contributed by atoms with Crippen LogP contribution in [0.15, 0.2) is 84.9 Å². The van der Waals surface area contributed by atoms with E-state index in [0.29, 0.717) is 136 Å². The fourth-order valence-electron chi connectivity index (χ4n) is 37.1. The summed E-state index contributed by atoms with van der Waals surface area (Å²) >= 11 is 0. The average Bonchev–Trinajstić information content (AvgIpc) is 0.743. The van der Waals surface area contributed by atoms with Crippen molar-refractivity contribution in [3.8, 4) is 34.5 Å². The van der Waals surface area contributed by atoms with Gasteiger partial charge in [0.15, 0.2) is 39.6 Å². The van der Waals surface area contributed by atoms with Crippen molar-refractivity contribution in [1.29, 1.82) is 0 Å². The Balaban J connectivity index is 0.598. The van der Waals surface area contributed by atoms with Crippen molar-refractivity contribution in [3.63, 3.8) is 0 Å². The molecule has 18 nitrogen and oxygen atoms in total. The van der Waals surface area contributed by atoms with Gasteiger partial charge in [-0.25, -0.2) is 28.8 Å². The third-order valence-corrected chi connectivity index (χ3v) is 43.0. The van der Waals surface area contributed by atoms with E-state index in [4.69, 9.17) is 56.8 Å². The maximum Gasteiger partial charge on any atom is 0.344 e. The van der Waals surface area contributed by atoms with Crippen LogP contribution < -0.4 is 28.4 Å². The van der Waals surface area contributed by atoms with Gasteiger partial charge >= 0.3 is 35.8 Å². The minimum absolute atomic E-state index is 0.233. The highest BCUT2D eigenvalue weighted by Crippen LogP contribution is 2.67. The molecule has 0 aromatic heterocycles.